The van der Waals surface area contributed by atoms with Crippen molar-refractivity contribution in [3.63, 3.8) is 0 Å². The molecule has 0 aliphatic carbocycles. The maximum atomic E-state index is 5.50. The van der Waals surface area contributed by atoms with E-state index in [1.54, 1.807) is 7.11 Å². The minimum absolute atomic E-state index is 0.806. The van der Waals surface area contributed by atoms with Crippen LogP contribution in [0.4, 0.5) is 0 Å². The standard InChI is InChI=1S/C26H23BrN4O/c1-32-25-10-8-21(27)13-22(25)24-9-7-18(14-28-24)16-31-12-11-23-20(17-31)15-29-26(30-23)19-5-3-2-4-6-19/h2-10,13-15H,11-12,16-17H2,1H3. The predicted octanol–water partition coefficient (Wildman–Crippen LogP) is 5.54. The number of hydrogen-bond acceptors (Lipinski definition) is 5. The predicted molar refractivity (Wildman–Crippen MR) is 129 cm³/mol. The Kier molecular flexibility index (Phi) is 5.97. The van der Waals surface area contributed by atoms with Crippen molar-refractivity contribution in [2.45, 2.75) is 19.5 Å². The summed E-state index contributed by atoms with van der Waals surface area (Å²) in [6.07, 6.45) is 4.87. The lowest BCUT2D eigenvalue weighted by molar-refractivity contribution is 0.242. The lowest BCUT2D eigenvalue weighted by Gasteiger charge is -2.28. The van der Waals surface area contributed by atoms with Crippen LogP contribution < -0.4 is 4.74 Å². The fourth-order valence-corrected chi connectivity index (χ4v) is 4.41. The van der Waals surface area contributed by atoms with Crippen molar-refractivity contribution in [1.82, 2.24) is 19.9 Å². The topological polar surface area (TPSA) is 51.1 Å². The molecule has 0 amide bonds. The van der Waals surface area contributed by atoms with Crippen LogP contribution in [-0.2, 0) is 19.5 Å². The zero-order valence-corrected chi connectivity index (χ0v) is 19.4. The Morgan fingerprint density at radius 1 is 1.00 bits per heavy atom. The van der Waals surface area contributed by atoms with Crippen LogP contribution in [0.2, 0.25) is 0 Å². The fourth-order valence-electron chi connectivity index (χ4n) is 4.05. The van der Waals surface area contributed by atoms with Crippen LogP contribution in [0.5, 0.6) is 5.75 Å². The maximum absolute atomic E-state index is 5.50. The highest BCUT2D eigenvalue weighted by atomic mass is 79.9. The molecule has 0 saturated carbocycles. The third-order valence-electron chi connectivity index (χ3n) is 5.71. The first-order valence-corrected chi connectivity index (χ1v) is 11.4. The molecule has 4 aromatic rings. The van der Waals surface area contributed by atoms with Gasteiger partial charge < -0.3 is 4.74 Å². The Labute approximate surface area is 196 Å². The Balaban J connectivity index is 1.29. The SMILES string of the molecule is COc1ccc(Br)cc1-c1ccc(CN2CCc3nc(-c4ccccc4)ncc3C2)cn1. The molecule has 0 atom stereocenters. The first-order valence-electron chi connectivity index (χ1n) is 10.6. The van der Waals surface area contributed by atoms with E-state index in [1.165, 1.54) is 11.1 Å². The van der Waals surface area contributed by atoms with Gasteiger partial charge in [0.25, 0.3) is 0 Å². The molecule has 0 N–H and O–H groups in total. The monoisotopic (exact) mass is 486 g/mol. The van der Waals surface area contributed by atoms with Crippen LogP contribution in [0, 0.1) is 0 Å². The molecule has 5 nitrogen and oxygen atoms in total. The van der Waals surface area contributed by atoms with Gasteiger partial charge in [-0.15, -0.1) is 0 Å². The number of hydrogen-bond donors (Lipinski definition) is 0. The largest absolute Gasteiger partial charge is 0.496 e. The fraction of sp³-hybridized carbons (Fsp3) is 0.192. The van der Waals surface area contributed by atoms with Gasteiger partial charge in [0.15, 0.2) is 5.82 Å². The van der Waals surface area contributed by atoms with E-state index in [4.69, 9.17) is 14.7 Å². The number of benzene rings is 2. The Morgan fingerprint density at radius 2 is 1.88 bits per heavy atom. The normalized spacial score (nSPS) is 13.6. The van der Waals surface area contributed by atoms with Crippen molar-refractivity contribution in [1.29, 1.82) is 0 Å². The first kappa shape index (κ1) is 20.8. The summed E-state index contributed by atoms with van der Waals surface area (Å²) in [7, 11) is 1.68. The number of methoxy groups -OCH3 is 1. The Bertz CT molecular complexity index is 1230. The molecule has 0 saturated heterocycles. The molecule has 1 aliphatic heterocycles. The summed E-state index contributed by atoms with van der Waals surface area (Å²) >= 11 is 3.53. The molecule has 6 heteroatoms. The number of rotatable bonds is 5. The van der Waals surface area contributed by atoms with Gasteiger partial charge in [-0.05, 0) is 29.8 Å². The van der Waals surface area contributed by atoms with E-state index in [1.807, 2.05) is 48.8 Å². The third-order valence-corrected chi connectivity index (χ3v) is 6.21. The molecule has 2 aromatic heterocycles. The number of nitrogens with zero attached hydrogens (tertiary/aromatic N) is 4. The average molecular weight is 487 g/mol. The minimum atomic E-state index is 0.806. The van der Waals surface area contributed by atoms with Gasteiger partial charge in [0, 0.05) is 59.6 Å². The molecule has 0 bridgehead atoms. The number of fused-ring (bicyclic) bond motifs is 1. The summed E-state index contributed by atoms with van der Waals surface area (Å²) < 4.78 is 6.50. The first-order chi connectivity index (χ1) is 15.7. The molecule has 5 rings (SSSR count). The number of aromatic nitrogens is 3. The third kappa shape index (κ3) is 4.42. The van der Waals surface area contributed by atoms with Crippen molar-refractivity contribution in [3.05, 3.63) is 94.4 Å². The summed E-state index contributed by atoms with van der Waals surface area (Å²) in [5.41, 5.74) is 6.49. The van der Waals surface area contributed by atoms with Crippen LogP contribution in [-0.4, -0.2) is 33.5 Å². The second-order valence-electron chi connectivity index (χ2n) is 7.89. The highest BCUT2D eigenvalue weighted by Crippen LogP contribution is 2.31. The molecular formula is C26H23BrN4O. The van der Waals surface area contributed by atoms with E-state index in [9.17, 15) is 0 Å². The van der Waals surface area contributed by atoms with E-state index in [2.05, 4.69) is 50.1 Å². The molecule has 3 heterocycles. The molecule has 0 fully saturated rings. The molecule has 160 valence electrons. The van der Waals surface area contributed by atoms with E-state index in [0.717, 1.165) is 64.6 Å². The van der Waals surface area contributed by atoms with E-state index in [-0.39, 0.29) is 0 Å². The van der Waals surface area contributed by atoms with Gasteiger partial charge >= 0.3 is 0 Å². The lowest BCUT2D eigenvalue weighted by atomic mass is 10.1. The number of pyridine rings is 1. The summed E-state index contributed by atoms with van der Waals surface area (Å²) in [4.78, 5) is 16.6. The summed E-state index contributed by atoms with van der Waals surface area (Å²) in [5.74, 6) is 1.62. The van der Waals surface area contributed by atoms with Gasteiger partial charge in [0.05, 0.1) is 18.5 Å². The van der Waals surface area contributed by atoms with E-state index < -0.39 is 0 Å². The van der Waals surface area contributed by atoms with E-state index in [0.29, 0.717) is 0 Å². The smallest absolute Gasteiger partial charge is 0.159 e. The second kappa shape index (κ2) is 9.18. The van der Waals surface area contributed by atoms with Crippen molar-refractivity contribution < 1.29 is 4.74 Å². The van der Waals surface area contributed by atoms with Crippen LogP contribution in [0.15, 0.2) is 77.5 Å². The van der Waals surface area contributed by atoms with Gasteiger partial charge in [-0.1, -0.05) is 52.3 Å². The quantitative estimate of drug-likeness (QED) is 0.370. The Hall–Kier alpha value is -3.09. The highest BCUT2D eigenvalue weighted by molar-refractivity contribution is 9.10. The van der Waals surface area contributed by atoms with Crippen LogP contribution >= 0.6 is 15.9 Å². The lowest BCUT2D eigenvalue weighted by Crippen LogP contribution is -2.31. The van der Waals surface area contributed by atoms with Crippen LogP contribution in [0.25, 0.3) is 22.6 Å². The number of ether oxygens (including phenoxy) is 1. The molecule has 2 aromatic carbocycles. The summed E-state index contributed by atoms with van der Waals surface area (Å²) in [6, 6.07) is 20.3. The molecule has 0 unspecified atom stereocenters. The number of halogens is 1. The van der Waals surface area contributed by atoms with Gasteiger partial charge in [-0.25, -0.2) is 9.97 Å². The van der Waals surface area contributed by atoms with Crippen molar-refractivity contribution in [2.24, 2.45) is 0 Å². The van der Waals surface area contributed by atoms with Crippen LogP contribution in [0.1, 0.15) is 16.8 Å². The minimum Gasteiger partial charge on any atom is -0.496 e. The molecule has 1 aliphatic rings. The maximum Gasteiger partial charge on any atom is 0.159 e. The van der Waals surface area contributed by atoms with Gasteiger partial charge in [-0.2, -0.15) is 0 Å². The van der Waals surface area contributed by atoms with Crippen molar-refractivity contribution >= 4 is 15.9 Å². The highest BCUT2D eigenvalue weighted by Gasteiger charge is 2.19. The van der Waals surface area contributed by atoms with Crippen molar-refractivity contribution in [2.75, 3.05) is 13.7 Å². The van der Waals surface area contributed by atoms with Crippen LogP contribution in [0.3, 0.4) is 0 Å². The van der Waals surface area contributed by atoms with Gasteiger partial charge in [0.1, 0.15) is 5.75 Å². The molecule has 32 heavy (non-hydrogen) atoms. The zero-order valence-electron chi connectivity index (χ0n) is 17.8. The van der Waals surface area contributed by atoms with E-state index >= 15 is 0 Å². The molecular weight excluding hydrogens is 464 g/mol. The van der Waals surface area contributed by atoms with Gasteiger partial charge in [0.2, 0.25) is 0 Å². The van der Waals surface area contributed by atoms with Gasteiger partial charge in [-0.3, -0.25) is 9.88 Å². The zero-order chi connectivity index (χ0) is 21.9. The summed E-state index contributed by atoms with van der Waals surface area (Å²) in [5, 5.41) is 0. The average Bonchev–Trinajstić information content (AvgIpc) is 2.85. The summed E-state index contributed by atoms with van der Waals surface area (Å²) in [6.45, 7) is 2.67. The molecule has 0 spiro atoms. The molecule has 0 radical (unpaired) electrons. The second-order valence-corrected chi connectivity index (χ2v) is 8.80. The van der Waals surface area contributed by atoms with Crippen molar-refractivity contribution in [3.8, 4) is 28.4 Å². The Morgan fingerprint density at radius 3 is 2.66 bits per heavy atom.